The van der Waals surface area contributed by atoms with Gasteiger partial charge in [0, 0.05) is 6.54 Å². The first-order valence-electron chi connectivity index (χ1n) is 6.13. The first-order valence-corrected chi connectivity index (χ1v) is 7.62. The molecule has 5 heteroatoms. The molecule has 2 rings (SSSR count). The molecule has 0 atom stereocenters. The zero-order valence-corrected chi connectivity index (χ0v) is 11.9. The molecule has 0 aliphatic heterocycles. The molecule has 2 aromatic rings. The van der Waals surface area contributed by atoms with Crippen LogP contribution in [0, 0.1) is 6.92 Å². The van der Waals surface area contributed by atoms with E-state index in [0.29, 0.717) is 0 Å². The van der Waals surface area contributed by atoms with Gasteiger partial charge in [-0.15, -0.1) is 0 Å². The Kier molecular flexibility index (Phi) is 4.20. The summed E-state index contributed by atoms with van der Waals surface area (Å²) in [4.78, 5) is 11.8. The molecule has 0 aliphatic rings. The third-order valence-electron chi connectivity index (χ3n) is 2.86. The van der Waals surface area contributed by atoms with Crippen molar-refractivity contribution in [2.45, 2.75) is 18.4 Å². The lowest BCUT2D eigenvalue weighted by Gasteiger charge is -2.06. The molecule has 0 unspecified atom stereocenters. The van der Waals surface area contributed by atoms with Crippen molar-refractivity contribution in [1.82, 2.24) is 5.32 Å². The van der Waals surface area contributed by atoms with Gasteiger partial charge in [-0.3, -0.25) is 4.79 Å². The first-order chi connectivity index (χ1) is 9.50. The number of benzene rings is 2. The lowest BCUT2D eigenvalue weighted by molar-refractivity contribution is 0.258. The number of sulfone groups is 1. The first kappa shape index (κ1) is 14.3. The number of nitrogens with one attached hydrogen (secondary N) is 1. The molecule has 0 saturated heterocycles. The van der Waals surface area contributed by atoms with Crippen molar-refractivity contribution in [3.05, 3.63) is 65.7 Å². The number of carbonyl (C=O) groups excluding carboxylic acids is 1. The normalized spacial score (nSPS) is 11.1. The summed E-state index contributed by atoms with van der Waals surface area (Å²) < 4.78 is 24.1. The van der Waals surface area contributed by atoms with E-state index < -0.39 is 15.1 Å². The van der Waals surface area contributed by atoms with E-state index in [-0.39, 0.29) is 11.4 Å². The van der Waals surface area contributed by atoms with E-state index in [9.17, 15) is 13.2 Å². The summed E-state index contributed by atoms with van der Waals surface area (Å²) in [6.07, 6.45) is 0. The lowest BCUT2D eigenvalue weighted by Crippen LogP contribution is -2.29. The Morgan fingerprint density at radius 2 is 1.60 bits per heavy atom. The van der Waals surface area contributed by atoms with E-state index in [1.54, 1.807) is 12.1 Å². The predicted molar refractivity (Wildman–Crippen MR) is 77.0 cm³/mol. The van der Waals surface area contributed by atoms with Crippen LogP contribution in [0.25, 0.3) is 0 Å². The average Bonchev–Trinajstić information content (AvgIpc) is 2.46. The van der Waals surface area contributed by atoms with Crippen LogP contribution in [0.4, 0.5) is 4.79 Å². The number of hydrogen-bond acceptors (Lipinski definition) is 3. The van der Waals surface area contributed by atoms with Crippen molar-refractivity contribution in [1.29, 1.82) is 0 Å². The van der Waals surface area contributed by atoms with Crippen molar-refractivity contribution >= 4 is 15.1 Å². The monoisotopic (exact) mass is 289 g/mol. The second-order valence-corrected chi connectivity index (χ2v) is 6.29. The molecule has 1 N–H and O–H groups in total. The Balaban J connectivity index is 2.10. The third kappa shape index (κ3) is 3.24. The molecule has 20 heavy (non-hydrogen) atoms. The molecule has 0 saturated carbocycles. The van der Waals surface area contributed by atoms with Gasteiger partial charge in [-0.2, -0.15) is 0 Å². The SMILES string of the molecule is Cc1ccc(S(=O)(=O)C(=O)NCc2ccccc2)cc1. The fraction of sp³-hybridized carbons (Fsp3) is 0.133. The summed E-state index contributed by atoms with van der Waals surface area (Å²) in [6, 6.07) is 15.4. The van der Waals surface area contributed by atoms with Crippen molar-refractivity contribution in [3.8, 4) is 0 Å². The highest BCUT2D eigenvalue weighted by Crippen LogP contribution is 2.13. The van der Waals surface area contributed by atoms with Crippen molar-refractivity contribution in [3.63, 3.8) is 0 Å². The van der Waals surface area contributed by atoms with E-state index in [2.05, 4.69) is 5.32 Å². The molecule has 0 aromatic heterocycles. The number of carbonyl (C=O) groups is 1. The molecular formula is C15H15NO3S. The Labute approximate surface area is 118 Å². The molecule has 2 aromatic carbocycles. The van der Waals surface area contributed by atoms with Gasteiger partial charge >= 0.3 is 5.24 Å². The van der Waals surface area contributed by atoms with E-state index >= 15 is 0 Å². The van der Waals surface area contributed by atoms with Gasteiger partial charge in [-0.25, -0.2) is 8.42 Å². The van der Waals surface area contributed by atoms with Gasteiger partial charge in [0.15, 0.2) is 0 Å². The summed E-state index contributed by atoms with van der Waals surface area (Å²) in [5.74, 6) is 0. The Morgan fingerprint density at radius 1 is 1.00 bits per heavy atom. The molecule has 0 fully saturated rings. The molecular weight excluding hydrogens is 274 g/mol. The average molecular weight is 289 g/mol. The van der Waals surface area contributed by atoms with Gasteiger partial charge in [0.2, 0.25) is 0 Å². The van der Waals surface area contributed by atoms with Crippen LogP contribution in [0.5, 0.6) is 0 Å². The summed E-state index contributed by atoms with van der Waals surface area (Å²) in [6.45, 7) is 2.04. The fourth-order valence-corrected chi connectivity index (χ4v) is 2.66. The summed E-state index contributed by atoms with van der Waals surface area (Å²) in [5, 5.41) is 1.44. The molecule has 0 aliphatic carbocycles. The molecule has 1 amide bonds. The Morgan fingerprint density at radius 3 is 2.20 bits per heavy atom. The summed E-state index contributed by atoms with van der Waals surface area (Å²) >= 11 is 0. The van der Waals surface area contributed by atoms with E-state index in [1.165, 1.54) is 12.1 Å². The largest absolute Gasteiger partial charge is 0.341 e. The quantitative estimate of drug-likeness (QED) is 0.945. The molecule has 4 nitrogen and oxygen atoms in total. The van der Waals surface area contributed by atoms with Crippen LogP contribution < -0.4 is 5.32 Å². The standard InChI is InChI=1S/C15H15NO3S/c1-12-7-9-14(10-8-12)20(18,19)15(17)16-11-13-5-3-2-4-6-13/h2-10H,11H2,1H3,(H,16,17). The van der Waals surface area contributed by atoms with Gasteiger partial charge in [-0.05, 0) is 24.6 Å². The maximum Gasteiger partial charge on any atom is 0.341 e. The smallest absolute Gasteiger partial charge is 0.338 e. The van der Waals surface area contributed by atoms with Gasteiger partial charge < -0.3 is 5.32 Å². The van der Waals surface area contributed by atoms with E-state index in [0.717, 1.165) is 11.1 Å². The second-order valence-electron chi connectivity index (χ2n) is 4.44. The van der Waals surface area contributed by atoms with Crippen LogP contribution in [0.3, 0.4) is 0 Å². The Bertz CT molecular complexity index is 692. The van der Waals surface area contributed by atoms with Gasteiger partial charge in [0.25, 0.3) is 9.84 Å². The van der Waals surface area contributed by atoms with Crippen molar-refractivity contribution in [2.24, 2.45) is 0 Å². The highest BCUT2D eigenvalue weighted by atomic mass is 32.2. The second kappa shape index (κ2) is 5.88. The zero-order chi connectivity index (χ0) is 14.6. The lowest BCUT2D eigenvalue weighted by atomic mass is 10.2. The minimum absolute atomic E-state index is 0.00802. The maximum atomic E-state index is 12.1. The van der Waals surface area contributed by atoms with Crippen LogP contribution >= 0.6 is 0 Å². The summed E-state index contributed by atoms with van der Waals surface area (Å²) in [7, 11) is -3.98. The summed E-state index contributed by atoms with van der Waals surface area (Å²) in [5.41, 5.74) is 1.79. The molecule has 0 spiro atoms. The highest BCUT2D eigenvalue weighted by Gasteiger charge is 2.24. The van der Waals surface area contributed by atoms with Gasteiger partial charge in [-0.1, -0.05) is 48.0 Å². The Hall–Kier alpha value is -2.14. The van der Waals surface area contributed by atoms with Gasteiger partial charge in [0.05, 0.1) is 4.90 Å². The van der Waals surface area contributed by atoms with Crippen LogP contribution in [0.2, 0.25) is 0 Å². The van der Waals surface area contributed by atoms with Crippen molar-refractivity contribution in [2.75, 3.05) is 0 Å². The molecule has 0 bridgehead atoms. The number of hydrogen-bond donors (Lipinski definition) is 1. The fourth-order valence-electron chi connectivity index (χ4n) is 1.69. The van der Waals surface area contributed by atoms with E-state index in [1.807, 2.05) is 37.3 Å². The number of amides is 1. The van der Waals surface area contributed by atoms with Crippen LogP contribution in [-0.2, 0) is 16.4 Å². The van der Waals surface area contributed by atoms with E-state index in [4.69, 9.17) is 0 Å². The minimum atomic E-state index is -3.98. The minimum Gasteiger partial charge on any atom is -0.338 e. The van der Waals surface area contributed by atoms with Crippen LogP contribution in [-0.4, -0.2) is 13.7 Å². The highest BCUT2D eigenvalue weighted by molar-refractivity contribution is 8.06. The third-order valence-corrected chi connectivity index (χ3v) is 4.38. The molecule has 0 heterocycles. The molecule has 0 radical (unpaired) electrons. The zero-order valence-electron chi connectivity index (χ0n) is 11.0. The number of rotatable bonds is 3. The number of aryl methyl sites for hydroxylation is 1. The predicted octanol–water partition coefficient (Wildman–Crippen LogP) is 2.68. The molecule has 104 valence electrons. The van der Waals surface area contributed by atoms with Gasteiger partial charge in [0.1, 0.15) is 0 Å². The van der Waals surface area contributed by atoms with Crippen molar-refractivity contribution < 1.29 is 13.2 Å². The maximum absolute atomic E-state index is 12.1. The topological polar surface area (TPSA) is 63.2 Å². The van der Waals surface area contributed by atoms with Crippen LogP contribution in [0.15, 0.2) is 59.5 Å². The van der Waals surface area contributed by atoms with Crippen LogP contribution in [0.1, 0.15) is 11.1 Å².